The van der Waals surface area contributed by atoms with Crippen LogP contribution in [-0.4, -0.2) is 92.7 Å². The molecule has 0 saturated carbocycles. The first-order valence-electron chi connectivity index (χ1n) is 6.94. The molecule has 1 aliphatic rings. The number of piperazine rings is 1. The highest BCUT2D eigenvalue weighted by Gasteiger charge is 2.37. The Morgan fingerprint density at radius 3 is 2.14 bits per heavy atom. The minimum atomic E-state index is -0.770. The number of likely N-dealkylation sites (N-methyl/N-ethyl adjacent to an activating group) is 1. The Morgan fingerprint density at radius 1 is 1.10 bits per heavy atom. The molecule has 0 aromatic rings. The van der Waals surface area contributed by atoms with Crippen LogP contribution in [0.15, 0.2) is 0 Å². The smallest absolute Gasteiger partial charge is 0.327 e. The highest BCUT2D eigenvalue weighted by molar-refractivity contribution is 6.38. The van der Waals surface area contributed by atoms with Crippen molar-refractivity contribution in [1.29, 1.82) is 0 Å². The summed E-state index contributed by atoms with van der Waals surface area (Å²) in [4.78, 5) is 40.1. The van der Waals surface area contributed by atoms with Gasteiger partial charge in [-0.2, -0.15) is 0 Å². The summed E-state index contributed by atoms with van der Waals surface area (Å²) in [5, 5.41) is 0. The van der Waals surface area contributed by atoms with Gasteiger partial charge in [0.15, 0.2) is 0 Å². The number of carbonyl (C=O) groups excluding carboxylic acids is 3. The lowest BCUT2D eigenvalue weighted by Gasteiger charge is -2.35. The number of methoxy groups -OCH3 is 2. The maximum atomic E-state index is 12.4. The second-order valence-corrected chi connectivity index (χ2v) is 4.60. The number of rotatable bonds is 7. The fraction of sp³-hybridized carbons (Fsp3) is 0.769. The molecule has 8 heteroatoms. The zero-order valence-electron chi connectivity index (χ0n) is 12.8. The van der Waals surface area contributed by atoms with Crippen molar-refractivity contribution in [3.63, 3.8) is 0 Å². The van der Waals surface area contributed by atoms with Gasteiger partial charge in [-0.25, -0.2) is 4.79 Å². The number of amides is 4. The highest BCUT2D eigenvalue weighted by atomic mass is 16.5. The average molecular weight is 301 g/mol. The predicted molar refractivity (Wildman–Crippen MR) is 74.7 cm³/mol. The molecule has 0 aromatic heterocycles. The highest BCUT2D eigenvalue weighted by Crippen LogP contribution is 2.08. The van der Waals surface area contributed by atoms with E-state index in [4.69, 9.17) is 9.47 Å². The Hall–Kier alpha value is -1.67. The van der Waals surface area contributed by atoms with Crippen molar-refractivity contribution >= 4 is 17.8 Å². The van der Waals surface area contributed by atoms with Crippen molar-refractivity contribution in [3.8, 4) is 0 Å². The standard InChI is InChI=1S/C13H23N3O5/c1-4-14-5-6-16(12(18)11(14)17)13(19)15(7-9-20-2)8-10-21-3/h4-10H2,1-3H3. The van der Waals surface area contributed by atoms with Gasteiger partial charge < -0.3 is 19.3 Å². The molecule has 0 aromatic carbocycles. The van der Waals surface area contributed by atoms with Gasteiger partial charge in [0.25, 0.3) is 0 Å². The summed E-state index contributed by atoms with van der Waals surface area (Å²) in [6.45, 7) is 4.24. The van der Waals surface area contributed by atoms with Crippen LogP contribution in [0.3, 0.4) is 0 Å². The summed E-state index contributed by atoms with van der Waals surface area (Å²) in [5.74, 6) is -1.40. The number of ether oxygens (including phenoxy) is 2. The Labute approximate surface area is 124 Å². The van der Waals surface area contributed by atoms with Crippen LogP contribution in [0.25, 0.3) is 0 Å². The largest absolute Gasteiger partial charge is 0.383 e. The minimum absolute atomic E-state index is 0.216. The molecule has 1 heterocycles. The molecule has 1 saturated heterocycles. The first-order chi connectivity index (χ1) is 10.1. The summed E-state index contributed by atoms with van der Waals surface area (Å²) in [7, 11) is 3.07. The van der Waals surface area contributed by atoms with E-state index in [1.165, 1.54) is 24.0 Å². The van der Waals surface area contributed by atoms with E-state index in [2.05, 4.69) is 0 Å². The van der Waals surface area contributed by atoms with E-state index in [1.807, 2.05) is 0 Å². The van der Waals surface area contributed by atoms with Gasteiger partial charge in [0.1, 0.15) is 0 Å². The molecule has 0 N–H and O–H groups in total. The number of urea groups is 1. The normalized spacial score (nSPS) is 15.6. The van der Waals surface area contributed by atoms with Crippen LogP contribution in [0.4, 0.5) is 4.79 Å². The molecule has 0 atom stereocenters. The van der Waals surface area contributed by atoms with Gasteiger partial charge in [-0.05, 0) is 6.92 Å². The van der Waals surface area contributed by atoms with E-state index in [0.29, 0.717) is 39.4 Å². The monoisotopic (exact) mass is 301 g/mol. The second-order valence-electron chi connectivity index (χ2n) is 4.60. The number of imide groups is 1. The van der Waals surface area contributed by atoms with Crippen LogP contribution in [0, 0.1) is 0 Å². The number of nitrogens with zero attached hydrogens (tertiary/aromatic N) is 3. The fourth-order valence-corrected chi connectivity index (χ4v) is 2.04. The van der Waals surface area contributed by atoms with Crippen LogP contribution in [-0.2, 0) is 19.1 Å². The predicted octanol–water partition coefficient (Wildman–Crippen LogP) is -0.608. The van der Waals surface area contributed by atoms with Gasteiger partial charge in [0, 0.05) is 46.9 Å². The summed E-state index contributed by atoms with van der Waals surface area (Å²) in [5.41, 5.74) is 0. The van der Waals surface area contributed by atoms with Crippen LogP contribution < -0.4 is 0 Å². The molecule has 1 aliphatic heterocycles. The number of hydrogen-bond acceptors (Lipinski definition) is 5. The van der Waals surface area contributed by atoms with E-state index < -0.39 is 17.8 Å². The summed E-state index contributed by atoms with van der Waals surface area (Å²) in [6.07, 6.45) is 0. The van der Waals surface area contributed by atoms with Crippen LogP contribution in [0.1, 0.15) is 6.92 Å². The molecule has 0 bridgehead atoms. The van der Waals surface area contributed by atoms with E-state index in [9.17, 15) is 14.4 Å². The van der Waals surface area contributed by atoms with Gasteiger partial charge in [-0.15, -0.1) is 0 Å². The molecule has 0 unspecified atom stereocenters. The lowest BCUT2D eigenvalue weighted by Crippen LogP contribution is -2.59. The lowest BCUT2D eigenvalue weighted by atomic mass is 10.3. The van der Waals surface area contributed by atoms with Gasteiger partial charge in [-0.1, -0.05) is 0 Å². The van der Waals surface area contributed by atoms with E-state index in [-0.39, 0.29) is 6.54 Å². The maximum absolute atomic E-state index is 12.4. The molecular formula is C13H23N3O5. The van der Waals surface area contributed by atoms with Crippen LogP contribution >= 0.6 is 0 Å². The third kappa shape index (κ3) is 4.40. The third-order valence-electron chi connectivity index (χ3n) is 3.32. The SMILES string of the molecule is CCN1CCN(C(=O)N(CCOC)CCOC)C(=O)C1=O. The van der Waals surface area contributed by atoms with Gasteiger partial charge in [0.05, 0.1) is 13.2 Å². The Balaban J connectivity index is 2.73. The van der Waals surface area contributed by atoms with Crippen molar-refractivity contribution < 1.29 is 23.9 Å². The van der Waals surface area contributed by atoms with E-state index in [0.717, 1.165) is 4.90 Å². The summed E-state index contributed by atoms with van der Waals surface area (Å²) >= 11 is 0. The topological polar surface area (TPSA) is 79.4 Å². The molecular weight excluding hydrogens is 278 g/mol. The van der Waals surface area contributed by atoms with Gasteiger partial charge in [0.2, 0.25) is 0 Å². The zero-order chi connectivity index (χ0) is 15.8. The molecule has 0 aliphatic carbocycles. The van der Waals surface area contributed by atoms with Crippen molar-refractivity contribution in [2.75, 3.05) is 60.2 Å². The lowest BCUT2D eigenvalue weighted by molar-refractivity contribution is -0.153. The summed E-state index contributed by atoms with van der Waals surface area (Å²) in [6, 6.07) is -0.474. The quantitative estimate of drug-likeness (QED) is 0.586. The first kappa shape index (κ1) is 17.4. The number of carbonyl (C=O) groups is 3. The first-order valence-corrected chi connectivity index (χ1v) is 6.94. The molecule has 4 amide bonds. The number of hydrogen-bond donors (Lipinski definition) is 0. The Kier molecular flexibility index (Phi) is 7.10. The average Bonchev–Trinajstić information content (AvgIpc) is 2.49. The zero-order valence-corrected chi connectivity index (χ0v) is 12.8. The molecule has 0 spiro atoms. The summed E-state index contributed by atoms with van der Waals surface area (Å²) < 4.78 is 9.92. The fourth-order valence-electron chi connectivity index (χ4n) is 2.04. The molecule has 1 rings (SSSR count). The van der Waals surface area contributed by atoms with E-state index >= 15 is 0 Å². The maximum Gasteiger partial charge on any atom is 0.327 e. The van der Waals surface area contributed by atoms with Gasteiger partial charge >= 0.3 is 17.8 Å². The Morgan fingerprint density at radius 2 is 1.67 bits per heavy atom. The minimum Gasteiger partial charge on any atom is -0.383 e. The molecule has 120 valence electrons. The molecule has 8 nitrogen and oxygen atoms in total. The molecule has 1 fully saturated rings. The third-order valence-corrected chi connectivity index (χ3v) is 3.32. The van der Waals surface area contributed by atoms with Crippen molar-refractivity contribution in [3.05, 3.63) is 0 Å². The van der Waals surface area contributed by atoms with Crippen LogP contribution in [0.2, 0.25) is 0 Å². The molecule has 0 radical (unpaired) electrons. The molecule has 21 heavy (non-hydrogen) atoms. The van der Waals surface area contributed by atoms with Crippen molar-refractivity contribution in [2.45, 2.75) is 6.92 Å². The van der Waals surface area contributed by atoms with Crippen molar-refractivity contribution in [1.82, 2.24) is 14.7 Å². The second kappa shape index (κ2) is 8.58. The van der Waals surface area contributed by atoms with E-state index in [1.54, 1.807) is 6.92 Å². The van der Waals surface area contributed by atoms with Crippen molar-refractivity contribution in [2.24, 2.45) is 0 Å². The van der Waals surface area contributed by atoms with Gasteiger partial charge in [-0.3, -0.25) is 14.5 Å². The Bertz CT molecular complexity index is 380. The van der Waals surface area contributed by atoms with Crippen LogP contribution in [0.5, 0.6) is 0 Å².